The first-order valence-electron chi connectivity index (χ1n) is 6.28. The van der Waals surface area contributed by atoms with E-state index in [2.05, 4.69) is 15.6 Å². The van der Waals surface area contributed by atoms with Crippen molar-refractivity contribution in [2.24, 2.45) is 0 Å². The number of nitro groups is 1. The predicted molar refractivity (Wildman–Crippen MR) is 75.5 cm³/mol. The third-order valence-electron chi connectivity index (χ3n) is 2.43. The molecule has 21 heavy (non-hydrogen) atoms. The summed E-state index contributed by atoms with van der Waals surface area (Å²) in [6.45, 7) is 3.70. The monoisotopic (exact) mass is 295 g/mol. The maximum absolute atomic E-state index is 11.9. The minimum absolute atomic E-state index is 0.00306. The van der Waals surface area contributed by atoms with E-state index in [0.717, 1.165) is 12.3 Å². The standard InChI is InChI=1S/C12H17N5O4/c1-7(2)16-11(18)3-4-14-12(19)8-5-10(13)15-6-9(8)17(20)21/h5-7H,3-4H2,1-2H3,(H2,13,15)(H,14,19)(H,16,18). The number of amides is 2. The third-order valence-corrected chi connectivity index (χ3v) is 2.43. The highest BCUT2D eigenvalue weighted by Crippen LogP contribution is 2.18. The molecule has 2 amide bonds. The number of nitrogens with two attached hydrogens (primary N) is 1. The summed E-state index contributed by atoms with van der Waals surface area (Å²) in [4.78, 5) is 37.0. The average Bonchev–Trinajstić information content (AvgIpc) is 2.37. The molecule has 0 aromatic carbocycles. The van der Waals surface area contributed by atoms with Crippen LogP contribution in [0.2, 0.25) is 0 Å². The van der Waals surface area contributed by atoms with Gasteiger partial charge < -0.3 is 16.4 Å². The van der Waals surface area contributed by atoms with Crippen LogP contribution in [0, 0.1) is 10.1 Å². The van der Waals surface area contributed by atoms with Gasteiger partial charge in [-0.1, -0.05) is 0 Å². The summed E-state index contributed by atoms with van der Waals surface area (Å²) in [5.74, 6) is -0.884. The predicted octanol–water partition coefficient (Wildman–Crippen LogP) is 0.217. The lowest BCUT2D eigenvalue weighted by atomic mass is 10.2. The highest BCUT2D eigenvalue weighted by Gasteiger charge is 2.21. The van der Waals surface area contributed by atoms with Gasteiger partial charge in [-0.3, -0.25) is 19.7 Å². The second-order valence-electron chi connectivity index (χ2n) is 4.61. The van der Waals surface area contributed by atoms with Crippen molar-refractivity contribution in [3.63, 3.8) is 0 Å². The number of anilines is 1. The summed E-state index contributed by atoms with van der Waals surface area (Å²) in [6, 6.07) is 1.14. The smallest absolute Gasteiger partial charge is 0.300 e. The maximum Gasteiger partial charge on any atom is 0.300 e. The van der Waals surface area contributed by atoms with Crippen LogP contribution in [0.15, 0.2) is 12.3 Å². The first kappa shape index (κ1) is 16.3. The molecular formula is C12H17N5O4. The molecule has 114 valence electrons. The minimum atomic E-state index is -0.715. The summed E-state index contributed by atoms with van der Waals surface area (Å²) in [6.07, 6.45) is 1.01. The SMILES string of the molecule is CC(C)NC(=O)CCNC(=O)c1cc(N)ncc1[N+](=O)[O-]. The molecule has 0 bridgehead atoms. The lowest BCUT2D eigenvalue weighted by molar-refractivity contribution is -0.385. The van der Waals surface area contributed by atoms with E-state index in [9.17, 15) is 19.7 Å². The Morgan fingerprint density at radius 3 is 2.71 bits per heavy atom. The number of nitrogens with zero attached hydrogens (tertiary/aromatic N) is 2. The normalized spacial score (nSPS) is 10.2. The largest absolute Gasteiger partial charge is 0.384 e. The van der Waals surface area contributed by atoms with Gasteiger partial charge in [0, 0.05) is 19.0 Å². The Morgan fingerprint density at radius 2 is 2.14 bits per heavy atom. The number of carbonyl (C=O) groups excluding carboxylic acids is 2. The zero-order valence-corrected chi connectivity index (χ0v) is 11.8. The van der Waals surface area contributed by atoms with Gasteiger partial charge in [-0.05, 0) is 19.9 Å². The molecule has 0 unspecified atom stereocenters. The van der Waals surface area contributed by atoms with Gasteiger partial charge in [-0.15, -0.1) is 0 Å². The second kappa shape index (κ2) is 7.17. The molecule has 0 atom stereocenters. The molecular weight excluding hydrogens is 278 g/mol. The molecule has 1 heterocycles. The quantitative estimate of drug-likeness (QED) is 0.506. The molecule has 0 spiro atoms. The molecule has 0 radical (unpaired) electrons. The summed E-state index contributed by atoms with van der Waals surface area (Å²) in [5.41, 5.74) is 4.80. The number of rotatable bonds is 6. The molecule has 0 saturated carbocycles. The zero-order valence-electron chi connectivity index (χ0n) is 11.8. The van der Waals surface area contributed by atoms with Crippen molar-refractivity contribution in [2.45, 2.75) is 26.3 Å². The van der Waals surface area contributed by atoms with Gasteiger partial charge in [0.15, 0.2) is 0 Å². The Kier molecular flexibility index (Phi) is 5.58. The van der Waals surface area contributed by atoms with Crippen LogP contribution in [-0.2, 0) is 4.79 Å². The molecule has 0 aliphatic heterocycles. The summed E-state index contributed by atoms with van der Waals surface area (Å²) in [7, 11) is 0. The number of pyridine rings is 1. The maximum atomic E-state index is 11.9. The summed E-state index contributed by atoms with van der Waals surface area (Å²) in [5, 5.41) is 15.9. The van der Waals surface area contributed by atoms with Gasteiger partial charge in [0.1, 0.15) is 17.6 Å². The highest BCUT2D eigenvalue weighted by atomic mass is 16.6. The molecule has 0 fully saturated rings. The lowest BCUT2D eigenvalue weighted by Gasteiger charge is -2.09. The van der Waals surface area contributed by atoms with Crippen molar-refractivity contribution < 1.29 is 14.5 Å². The van der Waals surface area contributed by atoms with Gasteiger partial charge >= 0.3 is 0 Å². The van der Waals surface area contributed by atoms with Crippen molar-refractivity contribution in [1.29, 1.82) is 0 Å². The number of nitrogens with one attached hydrogen (secondary N) is 2. The van der Waals surface area contributed by atoms with E-state index in [0.29, 0.717) is 0 Å². The number of nitrogen functional groups attached to an aromatic ring is 1. The number of aromatic nitrogens is 1. The van der Waals surface area contributed by atoms with Gasteiger partial charge in [-0.2, -0.15) is 0 Å². The van der Waals surface area contributed by atoms with E-state index in [1.54, 1.807) is 0 Å². The first-order chi connectivity index (χ1) is 9.81. The van der Waals surface area contributed by atoms with E-state index in [-0.39, 0.29) is 36.3 Å². The molecule has 1 aromatic rings. The summed E-state index contributed by atoms with van der Waals surface area (Å²) < 4.78 is 0. The Hall–Kier alpha value is -2.71. The molecule has 1 aromatic heterocycles. The van der Waals surface area contributed by atoms with Crippen molar-refractivity contribution in [3.8, 4) is 0 Å². The molecule has 9 nitrogen and oxygen atoms in total. The molecule has 1 rings (SSSR count). The fraction of sp³-hybridized carbons (Fsp3) is 0.417. The van der Waals surface area contributed by atoms with Gasteiger partial charge in [0.2, 0.25) is 5.91 Å². The molecule has 9 heteroatoms. The number of hydrogen-bond donors (Lipinski definition) is 3. The van der Waals surface area contributed by atoms with Crippen LogP contribution < -0.4 is 16.4 Å². The summed E-state index contributed by atoms with van der Waals surface area (Å²) >= 11 is 0. The van der Waals surface area contributed by atoms with Gasteiger partial charge in [-0.25, -0.2) is 4.98 Å². The molecule has 0 aliphatic carbocycles. The van der Waals surface area contributed by atoms with Crippen LogP contribution in [0.25, 0.3) is 0 Å². The topological polar surface area (TPSA) is 140 Å². The van der Waals surface area contributed by atoms with E-state index in [4.69, 9.17) is 5.73 Å². The Bertz CT molecular complexity index is 559. The van der Waals surface area contributed by atoms with Crippen LogP contribution in [0.4, 0.5) is 11.5 Å². The van der Waals surface area contributed by atoms with Crippen molar-refractivity contribution >= 4 is 23.3 Å². The van der Waals surface area contributed by atoms with Crippen LogP contribution in [0.1, 0.15) is 30.6 Å². The number of carbonyl (C=O) groups is 2. The number of hydrogen-bond acceptors (Lipinski definition) is 6. The molecule has 4 N–H and O–H groups in total. The second-order valence-corrected chi connectivity index (χ2v) is 4.61. The fourth-order valence-electron chi connectivity index (χ4n) is 1.57. The minimum Gasteiger partial charge on any atom is -0.384 e. The van der Waals surface area contributed by atoms with E-state index in [1.807, 2.05) is 13.8 Å². The Balaban J connectivity index is 2.66. The zero-order chi connectivity index (χ0) is 16.0. The van der Waals surface area contributed by atoms with Crippen LogP contribution in [0.5, 0.6) is 0 Å². The van der Waals surface area contributed by atoms with Gasteiger partial charge in [0.25, 0.3) is 11.6 Å². The van der Waals surface area contributed by atoms with Crippen LogP contribution >= 0.6 is 0 Å². The van der Waals surface area contributed by atoms with E-state index >= 15 is 0 Å². The van der Waals surface area contributed by atoms with E-state index < -0.39 is 16.5 Å². The van der Waals surface area contributed by atoms with Crippen molar-refractivity contribution in [3.05, 3.63) is 27.9 Å². The average molecular weight is 295 g/mol. The van der Waals surface area contributed by atoms with Crippen LogP contribution in [0.3, 0.4) is 0 Å². The Labute approximate surface area is 121 Å². The van der Waals surface area contributed by atoms with Crippen LogP contribution in [-0.4, -0.2) is 34.3 Å². The van der Waals surface area contributed by atoms with Crippen molar-refractivity contribution in [2.75, 3.05) is 12.3 Å². The van der Waals surface area contributed by atoms with Gasteiger partial charge in [0.05, 0.1) is 4.92 Å². The third kappa shape index (κ3) is 5.05. The first-order valence-corrected chi connectivity index (χ1v) is 6.28. The molecule has 0 aliphatic rings. The van der Waals surface area contributed by atoms with Crippen molar-refractivity contribution in [1.82, 2.24) is 15.6 Å². The fourth-order valence-corrected chi connectivity index (χ4v) is 1.57. The Morgan fingerprint density at radius 1 is 1.48 bits per heavy atom. The lowest BCUT2D eigenvalue weighted by Crippen LogP contribution is -2.34. The van der Waals surface area contributed by atoms with E-state index in [1.165, 1.54) is 0 Å². The highest BCUT2D eigenvalue weighted by molar-refractivity contribution is 5.98. The molecule has 0 saturated heterocycles.